The average Bonchev–Trinajstić information content (AvgIpc) is 3.24. The number of oxime groups is 1. The second kappa shape index (κ2) is 10.4. The first-order valence-corrected chi connectivity index (χ1v) is 13.5. The van der Waals surface area contributed by atoms with Gasteiger partial charge in [-0.15, -0.1) is 0 Å². The molecule has 1 aliphatic heterocycles. The van der Waals surface area contributed by atoms with Gasteiger partial charge in [-0.05, 0) is 93.8 Å². The molecule has 1 aliphatic carbocycles. The van der Waals surface area contributed by atoms with Gasteiger partial charge in [-0.25, -0.2) is 0 Å². The minimum atomic E-state index is -0.548. The van der Waals surface area contributed by atoms with Gasteiger partial charge in [-0.1, -0.05) is 54.4 Å². The minimum absolute atomic E-state index is 0.104. The Balaban J connectivity index is 1.34. The summed E-state index contributed by atoms with van der Waals surface area (Å²) in [5.74, 6) is 1.01. The normalized spacial score (nSPS) is 24.0. The van der Waals surface area contributed by atoms with E-state index >= 15 is 0 Å². The van der Waals surface area contributed by atoms with Crippen LogP contribution in [0.1, 0.15) is 67.0 Å². The molecular weight excluding hydrogens is 448 g/mol. The number of rotatable bonds is 8. The van der Waals surface area contributed by atoms with Gasteiger partial charge in [0.25, 0.3) is 0 Å². The van der Waals surface area contributed by atoms with Crippen molar-refractivity contribution in [2.24, 2.45) is 11.1 Å². The largest absolute Gasteiger partial charge is 0.455 e. The van der Waals surface area contributed by atoms with E-state index in [0.29, 0.717) is 6.54 Å². The number of aryl methyl sites for hydroxylation is 3. The summed E-state index contributed by atoms with van der Waals surface area (Å²) in [6.45, 7) is 12.0. The maximum Gasteiger partial charge on any atom is 0.153 e. The Kier molecular flexibility index (Phi) is 7.23. The van der Waals surface area contributed by atoms with Gasteiger partial charge in [0.1, 0.15) is 24.0 Å². The molecule has 5 heteroatoms. The summed E-state index contributed by atoms with van der Waals surface area (Å²) < 4.78 is 6.22. The average molecular weight is 489 g/mol. The summed E-state index contributed by atoms with van der Waals surface area (Å²) >= 11 is 0. The maximum absolute atomic E-state index is 10.6. The summed E-state index contributed by atoms with van der Waals surface area (Å²) in [6, 6.07) is 14.7. The first-order valence-electron chi connectivity index (χ1n) is 13.5. The molecule has 2 aliphatic rings. The van der Waals surface area contributed by atoms with E-state index in [1.54, 1.807) is 0 Å². The number of para-hydroxylation sites is 1. The van der Waals surface area contributed by atoms with Crippen molar-refractivity contribution in [3.8, 4) is 0 Å². The first kappa shape index (κ1) is 25.0. The molecule has 1 aromatic heterocycles. The Hall–Kier alpha value is -2.63. The smallest absolute Gasteiger partial charge is 0.153 e. The lowest BCUT2D eigenvalue weighted by Gasteiger charge is -2.47. The molecule has 0 amide bonds. The van der Waals surface area contributed by atoms with Crippen molar-refractivity contribution >= 4 is 16.7 Å². The van der Waals surface area contributed by atoms with Crippen LogP contribution in [0.5, 0.6) is 0 Å². The van der Waals surface area contributed by atoms with Crippen molar-refractivity contribution in [2.75, 3.05) is 26.2 Å². The van der Waals surface area contributed by atoms with E-state index in [9.17, 15) is 5.11 Å². The molecule has 3 aromatic rings. The quantitative estimate of drug-likeness (QED) is 0.299. The molecule has 5 nitrogen and oxygen atoms in total. The highest BCUT2D eigenvalue weighted by atomic mass is 16.6. The third kappa shape index (κ3) is 5.23. The molecule has 2 heterocycles. The molecule has 2 aromatic carbocycles. The Morgan fingerprint density at radius 1 is 1.08 bits per heavy atom. The van der Waals surface area contributed by atoms with Crippen LogP contribution in [0.3, 0.4) is 0 Å². The number of β-amino-alcohol motifs (C(OH)–C–C–N with tert-alkyl or cyclic N) is 1. The molecule has 1 saturated carbocycles. The summed E-state index contributed by atoms with van der Waals surface area (Å²) in [6.07, 6.45) is 5.15. The van der Waals surface area contributed by atoms with E-state index < -0.39 is 6.10 Å². The van der Waals surface area contributed by atoms with E-state index in [1.807, 2.05) is 18.2 Å². The molecule has 0 radical (unpaired) electrons. The summed E-state index contributed by atoms with van der Waals surface area (Å²) in [4.78, 5) is 8.12. The van der Waals surface area contributed by atoms with E-state index in [4.69, 9.17) is 9.25 Å². The van der Waals surface area contributed by atoms with Gasteiger partial charge in [0.15, 0.2) is 5.76 Å². The number of hydrogen-bond donors (Lipinski definition) is 1. The number of aliphatic hydroxyl groups excluding tert-OH is 1. The van der Waals surface area contributed by atoms with Gasteiger partial charge >= 0.3 is 0 Å². The lowest BCUT2D eigenvalue weighted by Crippen LogP contribution is -2.43. The molecule has 36 heavy (non-hydrogen) atoms. The van der Waals surface area contributed by atoms with Crippen LogP contribution in [-0.4, -0.2) is 48.1 Å². The molecule has 5 rings (SSSR count). The number of aliphatic hydroxyl groups is 1. The molecule has 0 spiro atoms. The second-order valence-corrected chi connectivity index (χ2v) is 11.4. The number of hydrogen-bond acceptors (Lipinski definition) is 5. The van der Waals surface area contributed by atoms with Gasteiger partial charge in [-0.2, -0.15) is 0 Å². The highest BCUT2D eigenvalue weighted by molar-refractivity contribution is 6.03. The highest BCUT2D eigenvalue weighted by Crippen LogP contribution is 2.51. The third-order valence-electron chi connectivity index (χ3n) is 8.09. The number of furan rings is 1. The van der Waals surface area contributed by atoms with Crippen molar-refractivity contribution in [1.82, 2.24) is 4.90 Å². The Morgan fingerprint density at radius 3 is 2.47 bits per heavy atom. The molecule has 1 saturated heterocycles. The standard InChI is InChI=1S/C31H40N2O3/c1-21-14-22(2)29(23(3)15-21)31(4)17-25(18-31)30(28-16-24-10-6-7-11-27(24)36-28)32-35-20-26(34)19-33-12-8-5-9-13-33/h6-7,10-11,14-16,25-26,34H,5,8-9,12-13,17-20H2,1-4H3/b32-30+. The molecule has 192 valence electrons. The fraction of sp³-hybridized carbons (Fsp3) is 0.516. The van der Waals surface area contributed by atoms with Crippen LogP contribution < -0.4 is 0 Å². The van der Waals surface area contributed by atoms with Gasteiger partial charge in [0.2, 0.25) is 0 Å². The number of piperidine rings is 1. The van der Waals surface area contributed by atoms with Crippen molar-refractivity contribution in [2.45, 2.75) is 71.3 Å². The zero-order valence-electron chi connectivity index (χ0n) is 22.2. The lowest BCUT2D eigenvalue weighted by atomic mass is 9.57. The van der Waals surface area contributed by atoms with Crippen LogP contribution in [0.4, 0.5) is 0 Å². The zero-order valence-corrected chi connectivity index (χ0v) is 22.2. The van der Waals surface area contributed by atoms with Crippen LogP contribution in [0, 0.1) is 26.7 Å². The summed E-state index contributed by atoms with van der Waals surface area (Å²) in [7, 11) is 0. The molecule has 1 unspecified atom stereocenters. The van der Waals surface area contributed by atoms with E-state index in [-0.39, 0.29) is 17.9 Å². The fourth-order valence-electron chi connectivity index (χ4n) is 6.67. The number of likely N-dealkylation sites (tertiary alicyclic amines) is 1. The fourth-order valence-corrected chi connectivity index (χ4v) is 6.67. The minimum Gasteiger partial charge on any atom is -0.455 e. The van der Waals surface area contributed by atoms with Crippen LogP contribution in [0.15, 0.2) is 52.0 Å². The van der Waals surface area contributed by atoms with Crippen LogP contribution in [-0.2, 0) is 10.3 Å². The molecular formula is C31H40N2O3. The Morgan fingerprint density at radius 2 is 1.78 bits per heavy atom. The predicted octanol–water partition coefficient (Wildman–Crippen LogP) is 6.29. The van der Waals surface area contributed by atoms with Crippen molar-refractivity contribution in [3.05, 3.63) is 70.5 Å². The molecule has 0 bridgehead atoms. The van der Waals surface area contributed by atoms with Crippen LogP contribution in [0.2, 0.25) is 0 Å². The monoisotopic (exact) mass is 488 g/mol. The van der Waals surface area contributed by atoms with E-state index in [1.165, 1.54) is 41.5 Å². The Bertz CT molecular complexity index is 1180. The summed E-state index contributed by atoms with van der Waals surface area (Å²) in [5, 5.41) is 16.2. The topological polar surface area (TPSA) is 58.2 Å². The van der Waals surface area contributed by atoms with E-state index in [0.717, 1.165) is 48.4 Å². The van der Waals surface area contributed by atoms with Gasteiger partial charge in [-0.3, -0.25) is 0 Å². The van der Waals surface area contributed by atoms with Gasteiger partial charge in [0, 0.05) is 17.8 Å². The lowest BCUT2D eigenvalue weighted by molar-refractivity contribution is 0.0146. The molecule has 1 atom stereocenters. The number of nitrogens with zero attached hydrogens (tertiary/aromatic N) is 2. The third-order valence-corrected chi connectivity index (χ3v) is 8.09. The molecule has 1 N–H and O–H groups in total. The first-order chi connectivity index (χ1) is 17.3. The maximum atomic E-state index is 10.6. The van der Waals surface area contributed by atoms with Crippen LogP contribution in [0.25, 0.3) is 11.0 Å². The zero-order chi connectivity index (χ0) is 25.3. The van der Waals surface area contributed by atoms with Crippen molar-refractivity contribution in [1.29, 1.82) is 0 Å². The summed E-state index contributed by atoms with van der Waals surface area (Å²) in [5.41, 5.74) is 7.34. The van der Waals surface area contributed by atoms with Crippen molar-refractivity contribution < 1.29 is 14.4 Å². The SMILES string of the molecule is Cc1cc(C)c(C2(C)CC(/C(=N\OCC(O)CN3CCCCC3)c3cc4ccccc4o3)C2)c(C)c1. The van der Waals surface area contributed by atoms with Crippen molar-refractivity contribution in [3.63, 3.8) is 0 Å². The number of benzene rings is 2. The van der Waals surface area contributed by atoms with Gasteiger partial charge in [0.05, 0.1) is 0 Å². The second-order valence-electron chi connectivity index (χ2n) is 11.4. The molecule has 2 fully saturated rings. The predicted molar refractivity (Wildman–Crippen MR) is 146 cm³/mol. The van der Waals surface area contributed by atoms with Gasteiger partial charge < -0.3 is 19.3 Å². The Labute approximate surface area is 215 Å². The van der Waals surface area contributed by atoms with E-state index in [2.05, 4.69) is 62.0 Å². The highest BCUT2D eigenvalue weighted by Gasteiger charge is 2.46. The number of fused-ring (bicyclic) bond motifs is 1. The van der Waals surface area contributed by atoms with Crippen LogP contribution >= 0.6 is 0 Å².